The number of aromatic nitrogens is 3. The summed E-state index contributed by atoms with van der Waals surface area (Å²) in [6, 6.07) is 1.41. The zero-order chi connectivity index (χ0) is 13.0. The van der Waals surface area contributed by atoms with Gasteiger partial charge in [-0.15, -0.1) is 0 Å². The van der Waals surface area contributed by atoms with Crippen LogP contribution in [0.1, 0.15) is 21.8 Å². The highest BCUT2D eigenvalue weighted by Crippen LogP contribution is 2.02. The van der Waals surface area contributed by atoms with Gasteiger partial charge in [-0.05, 0) is 12.5 Å². The average molecular weight is 250 g/mol. The summed E-state index contributed by atoms with van der Waals surface area (Å²) in [4.78, 5) is 10.6. The Morgan fingerprint density at radius 3 is 3.06 bits per heavy atom. The molecule has 0 spiro atoms. The maximum Gasteiger partial charge on any atom is 0.358 e. The van der Waals surface area contributed by atoms with Gasteiger partial charge in [-0.1, -0.05) is 5.16 Å². The molecule has 96 valence electrons. The lowest BCUT2D eigenvalue weighted by molar-refractivity contribution is 0.0685. The third kappa shape index (κ3) is 3.17. The number of hydrogen-bond donors (Lipinski definition) is 2. The number of carboxylic acids is 1. The number of aryl methyl sites for hydroxylation is 1. The highest BCUT2D eigenvalue weighted by Gasteiger charge is 2.09. The van der Waals surface area contributed by atoms with E-state index < -0.39 is 5.97 Å². The van der Waals surface area contributed by atoms with Crippen LogP contribution >= 0.6 is 0 Å². The van der Waals surface area contributed by atoms with Crippen molar-refractivity contribution < 1.29 is 14.4 Å². The van der Waals surface area contributed by atoms with Crippen molar-refractivity contribution in [3.63, 3.8) is 0 Å². The second-order valence-corrected chi connectivity index (χ2v) is 3.94. The van der Waals surface area contributed by atoms with Crippen LogP contribution in [0.4, 0.5) is 0 Å². The van der Waals surface area contributed by atoms with E-state index in [2.05, 4.69) is 15.6 Å². The van der Waals surface area contributed by atoms with Gasteiger partial charge in [0.1, 0.15) is 0 Å². The largest absolute Gasteiger partial charge is 0.476 e. The van der Waals surface area contributed by atoms with Crippen LogP contribution in [0, 0.1) is 6.92 Å². The van der Waals surface area contributed by atoms with E-state index in [0.717, 1.165) is 12.1 Å². The number of nitrogens with one attached hydrogen (secondary N) is 1. The van der Waals surface area contributed by atoms with Crippen LogP contribution in [-0.4, -0.2) is 32.6 Å². The molecule has 2 rings (SSSR count). The summed E-state index contributed by atoms with van der Waals surface area (Å²) in [7, 11) is 0. The SMILES string of the molecule is Cc1cnn(CCNCc2cc(C(=O)O)no2)c1. The van der Waals surface area contributed by atoms with Crippen molar-refractivity contribution in [1.82, 2.24) is 20.3 Å². The van der Waals surface area contributed by atoms with E-state index >= 15 is 0 Å². The standard InChI is InChI=1S/C11H14N4O3/c1-8-5-13-15(7-8)3-2-12-6-9-4-10(11(16)17)14-18-9/h4-5,7,12H,2-3,6H2,1H3,(H,16,17). The maximum atomic E-state index is 10.6. The van der Waals surface area contributed by atoms with Crippen molar-refractivity contribution in [2.45, 2.75) is 20.0 Å². The fourth-order valence-corrected chi connectivity index (χ4v) is 1.49. The molecule has 0 amide bonds. The third-order valence-electron chi connectivity index (χ3n) is 2.36. The van der Waals surface area contributed by atoms with Gasteiger partial charge in [-0.25, -0.2) is 4.79 Å². The number of nitrogens with zero attached hydrogens (tertiary/aromatic N) is 3. The Bertz CT molecular complexity index is 532. The van der Waals surface area contributed by atoms with E-state index in [4.69, 9.17) is 9.63 Å². The Morgan fingerprint density at radius 1 is 1.61 bits per heavy atom. The van der Waals surface area contributed by atoms with Crippen molar-refractivity contribution in [3.8, 4) is 0 Å². The van der Waals surface area contributed by atoms with Crippen molar-refractivity contribution in [2.24, 2.45) is 0 Å². The summed E-state index contributed by atoms with van der Waals surface area (Å²) in [5, 5.41) is 19.4. The molecular weight excluding hydrogens is 236 g/mol. The molecule has 0 saturated heterocycles. The minimum absolute atomic E-state index is 0.0745. The fraction of sp³-hybridized carbons (Fsp3) is 0.364. The molecule has 0 saturated carbocycles. The van der Waals surface area contributed by atoms with Crippen molar-refractivity contribution >= 4 is 5.97 Å². The predicted octanol–water partition coefficient (Wildman–Crippen LogP) is 0.668. The summed E-state index contributed by atoms with van der Waals surface area (Å²) in [5.41, 5.74) is 1.05. The van der Waals surface area contributed by atoms with Gasteiger partial charge in [-0.3, -0.25) is 4.68 Å². The van der Waals surface area contributed by atoms with Gasteiger partial charge in [0.05, 0.1) is 19.3 Å². The average Bonchev–Trinajstić information content (AvgIpc) is 2.93. The van der Waals surface area contributed by atoms with Crippen LogP contribution < -0.4 is 5.32 Å². The van der Waals surface area contributed by atoms with Gasteiger partial charge < -0.3 is 14.9 Å². The van der Waals surface area contributed by atoms with Gasteiger partial charge in [-0.2, -0.15) is 5.10 Å². The lowest BCUT2D eigenvalue weighted by atomic mass is 10.3. The Balaban J connectivity index is 1.73. The quantitative estimate of drug-likeness (QED) is 0.732. The third-order valence-corrected chi connectivity index (χ3v) is 2.36. The molecular formula is C11H14N4O3. The monoisotopic (exact) mass is 250 g/mol. The first-order valence-corrected chi connectivity index (χ1v) is 5.54. The van der Waals surface area contributed by atoms with Gasteiger partial charge in [0.2, 0.25) is 0 Å². The van der Waals surface area contributed by atoms with E-state index in [-0.39, 0.29) is 5.69 Å². The number of rotatable bonds is 6. The fourth-order valence-electron chi connectivity index (χ4n) is 1.49. The molecule has 0 aliphatic carbocycles. The van der Waals surface area contributed by atoms with Crippen LogP contribution in [0.25, 0.3) is 0 Å². The summed E-state index contributed by atoms with van der Waals surface area (Å²) in [5.74, 6) is -0.582. The van der Waals surface area contributed by atoms with E-state index in [1.807, 2.05) is 17.8 Å². The molecule has 0 fully saturated rings. The van der Waals surface area contributed by atoms with Crippen LogP contribution in [-0.2, 0) is 13.1 Å². The predicted molar refractivity (Wildman–Crippen MR) is 62.1 cm³/mol. The first kappa shape index (κ1) is 12.3. The molecule has 0 bridgehead atoms. The minimum atomic E-state index is -1.09. The molecule has 2 heterocycles. The normalized spacial score (nSPS) is 10.7. The topological polar surface area (TPSA) is 93.2 Å². The highest BCUT2D eigenvalue weighted by molar-refractivity contribution is 5.85. The Labute approximate surface area is 103 Å². The second-order valence-electron chi connectivity index (χ2n) is 3.94. The molecule has 0 aliphatic heterocycles. The lowest BCUT2D eigenvalue weighted by Gasteiger charge is -2.02. The summed E-state index contributed by atoms with van der Waals surface area (Å²) in [6.07, 6.45) is 3.76. The van der Waals surface area contributed by atoms with Gasteiger partial charge >= 0.3 is 5.97 Å². The minimum Gasteiger partial charge on any atom is -0.476 e. The molecule has 7 nitrogen and oxygen atoms in total. The molecule has 0 atom stereocenters. The van der Waals surface area contributed by atoms with Crippen LogP contribution in [0.15, 0.2) is 23.0 Å². The molecule has 18 heavy (non-hydrogen) atoms. The molecule has 7 heteroatoms. The first-order chi connectivity index (χ1) is 8.65. The van der Waals surface area contributed by atoms with E-state index in [1.54, 1.807) is 6.20 Å². The first-order valence-electron chi connectivity index (χ1n) is 5.54. The van der Waals surface area contributed by atoms with Gasteiger partial charge in [0.25, 0.3) is 0 Å². The van der Waals surface area contributed by atoms with Gasteiger partial charge in [0.15, 0.2) is 11.5 Å². The highest BCUT2D eigenvalue weighted by atomic mass is 16.5. The molecule has 2 N–H and O–H groups in total. The second kappa shape index (κ2) is 5.46. The zero-order valence-corrected chi connectivity index (χ0v) is 9.96. The summed E-state index contributed by atoms with van der Waals surface area (Å²) < 4.78 is 6.71. The Kier molecular flexibility index (Phi) is 3.73. The molecule has 0 aromatic carbocycles. The summed E-state index contributed by atoms with van der Waals surface area (Å²) >= 11 is 0. The molecule has 0 radical (unpaired) electrons. The summed E-state index contributed by atoms with van der Waals surface area (Å²) in [6.45, 7) is 3.89. The van der Waals surface area contributed by atoms with Crippen molar-refractivity contribution in [3.05, 3.63) is 35.5 Å². The number of carbonyl (C=O) groups is 1. The molecule has 0 unspecified atom stereocenters. The van der Waals surface area contributed by atoms with Crippen LogP contribution in [0.3, 0.4) is 0 Å². The zero-order valence-electron chi connectivity index (χ0n) is 9.96. The molecule has 2 aromatic rings. The Hall–Kier alpha value is -2.15. The van der Waals surface area contributed by atoms with Crippen LogP contribution in [0.2, 0.25) is 0 Å². The van der Waals surface area contributed by atoms with Gasteiger partial charge in [0, 0.05) is 18.8 Å². The van der Waals surface area contributed by atoms with Crippen LogP contribution in [0.5, 0.6) is 0 Å². The van der Waals surface area contributed by atoms with E-state index in [1.165, 1.54) is 6.07 Å². The van der Waals surface area contributed by atoms with Crippen molar-refractivity contribution in [1.29, 1.82) is 0 Å². The smallest absolute Gasteiger partial charge is 0.358 e. The van der Waals surface area contributed by atoms with E-state index in [9.17, 15) is 4.79 Å². The van der Waals surface area contributed by atoms with Crippen molar-refractivity contribution in [2.75, 3.05) is 6.54 Å². The Morgan fingerprint density at radius 2 is 2.44 bits per heavy atom. The molecule has 0 aliphatic rings. The molecule has 2 aromatic heterocycles. The lowest BCUT2D eigenvalue weighted by Crippen LogP contribution is -2.19. The number of aromatic carboxylic acids is 1. The number of hydrogen-bond acceptors (Lipinski definition) is 5. The maximum absolute atomic E-state index is 10.6. The van der Waals surface area contributed by atoms with E-state index in [0.29, 0.717) is 18.8 Å². The number of carboxylic acid groups (broad SMARTS) is 1.